The lowest BCUT2D eigenvalue weighted by Crippen LogP contribution is -2.31. The molecule has 1 unspecified atom stereocenters. The van der Waals surface area contributed by atoms with Crippen LogP contribution in [0.2, 0.25) is 0 Å². The lowest BCUT2D eigenvalue weighted by Gasteiger charge is -2.08. The summed E-state index contributed by atoms with van der Waals surface area (Å²) in [7, 11) is 0. The van der Waals surface area contributed by atoms with Gasteiger partial charge in [0, 0.05) is 17.5 Å². The second-order valence-electron chi connectivity index (χ2n) is 4.92. The Morgan fingerprint density at radius 2 is 2.25 bits per heavy atom. The van der Waals surface area contributed by atoms with Crippen molar-refractivity contribution in [1.29, 1.82) is 0 Å². The van der Waals surface area contributed by atoms with Gasteiger partial charge >= 0.3 is 0 Å². The van der Waals surface area contributed by atoms with Gasteiger partial charge in [-0.25, -0.2) is 4.98 Å². The Bertz CT molecular complexity index is 576. The van der Waals surface area contributed by atoms with E-state index in [1.165, 1.54) is 0 Å². The van der Waals surface area contributed by atoms with Crippen LogP contribution in [0.25, 0.3) is 10.6 Å². The molecule has 3 rings (SSSR count). The van der Waals surface area contributed by atoms with Crippen LogP contribution in [-0.4, -0.2) is 24.0 Å². The van der Waals surface area contributed by atoms with Crippen molar-refractivity contribution in [3.63, 3.8) is 0 Å². The van der Waals surface area contributed by atoms with Crippen molar-refractivity contribution in [2.45, 2.75) is 13.0 Å². The minimum absolute atomic E-state index is 0.113. The van der Waals surface area contributed by atoms with E-state index in [4.69, 9.17) is 0 Å². The zero-order chi connectivity index (χ0) is 13.8. The van der Waals surface area contributed by atoms with Gasteiger partial charge in [-0.3, -0.25) is 4.79 Å². The first-order chi connectivity index (χ1) is 9.83. The van der Waals surface area contributed by atoms with Crippen molar-refractivity contribution in [1.82, 2.24) is 15.6 Å². The molecular weight excluding hydrogens is 270 g/mol. The van der Waals surface area contributed by atoms with E-state index in [-0.39, 0.29) is 11.8 Å². The van der Waals surface area contributed by atoms with E-state index in [1.54, 1.807) is 11.3 Å². The Labute approximate surface area is 122 Å². The predicted molar refractivity (Wildman–Crippen MR) is 80.4 cm³/mol. The van der Waals surface area contributed by atoms with Crippen LogP contribution in [0, 0.1) is 5.92 Å². The van der Waals surface area contributed by atoms with Gasteiger partial charge in [0.15, 0.2) is 0 Å². The van der Waals surface area contributed by atoms with Crippen molar-refractivity contribution in [3.8, 4) is 10.6 Å². The number of carbonyl (C=O) groups is 1. The summed E-state index contributed by atoms with van der Waals surface area (Å²) in [5.74, 6) is 0.242. The van der Waals surface area contributed by atoms with Crippen LogP contribution in [0.1, 0.15) is 12.1 Å². The second-order valence-corrected chi connectivity index (χ2v) is 5.78. The molecule has 4 nitrogen and oxygen atoms in total. The van der Waals surface area contributed by atoms with Crippen molar-refractivity contribution in [3.05, 3.63) is 41.4 Å². The van der Waals surface area contributed by atoms with Crippen LogP contribution in [0.15, 0.2) is 35.7 Å². The van der Waals surface area contributed by atoms with Gasteiger partial charge < -0.3 is 10.6 Å². The van der Waals surface area contributed by atoms with Crippen LogP contribution in [0.3, 0.4) is 0 Å². The molecule has 1 aromatic carbocycles. The average Bonchev–Trinajstić information content (AvgIpc) is 3.17. The van der Waals surface area contributed by atoms with E-state index in [0.717, 1.165) is 35.8 Å². The van der Waals surface area contributed by atoms with Crippen molar-refractivity contribution in [2.75, 3.05) is 13.1 Å². The molecule has 1 aliphatic heterocycles. The second kappa shape index (κ2) is 6.15. The Morgan fingerprint density at radius 1 is 1.40 bits per heavy atom. The Kier molecular flexibility index (Phi) is 4.08. The number of hydrogen-bond acceptors (Lipinski definition) is 4. The molecule has 1 aromatic heterocycles. The van der Waals surface area contributed by atoms with E-state index in [1.807, 2.05) is 35.7 Å². The molecule has 104 valence electrons. The molecule has 0 aliphatic carbocycles. The van der Waals surface area contributed by atoms with Crippen molar-refractivity contribution in [2.24, 2.45) is 5.92 Å². The van der Waals surface area contributed by atoms with E-state index in [9.17, 15) is 4.79 Å². The summed E-state index contributed by atoms with van der Waals surface area (Å²) in [6.45, 7) is 2.24. The summed E-state index contributed by atoms with van der Waals surface area (Å²) in [5.41, 5.74) is 2.04. The molecule has 2 aromatic rings. The summed E-state index contributed by atoms with van der Waals surface area (Å²) < 4.78 is 0. The highest BCUT2D eigenvalue weighted by Gasteiger charge is 2.22. The zero-order valence-corrected chi connectivity index (χ0v) is 12.0. The number of amides is 1. The molecule has 1 atom stereocenters. The number of aromatic nitrogens is 1. The molecule has 0 bridgehead atoms. The van der Waals surface area contributed by atoms with Gasteiger partial charge in [-0.1, -0.05) is 30.3 Å². The number of nitrogens with zero attached hydrogens (tertiary/aromatic N) is 1. The predicted octanol–water partition coefficient (Wildman–Crippen LogP) is 2.04. The lowest BCUT2D eigenvalue weighted by molar-refractivity contribution is -0.124. The number of benzene rings is 1. The third-order valence-corrected chi connectivity index (χ3v) is 4.39. The van der Waals surface area contributed by atoms with Gasteiger partial charge in [0.1, 0.15) is 5.01 Å². The highest BCUT2D eigenvalue weighted by molar-refractivity contribution is 7.13. The molecule has 2 N–H and O–H groups in total. The molecule has 1 saturated heterocycles. The maximum atomic E-state index is 11.9. The van der Waals surface area contributed by atoms with Crippen molar-refractivity contribution >= 4 is 17.2 Å². The molecule has 1 fully saturated rings. The van der Waals surface area contributed by atoms with Crippen LogP contribution >= 0.6 is 11.3 Å². The van der Waals surface area contributed by atoms with E-state index in [2.05, 4.69) is 15.6 Å². The van der Waals surface area contributed by atoms with Crippen LogP contribution in [-0.2, 0) is 11.3 Å². The molecule has 0 spiro atoms. The fourth-order valence-corrected chi connectivity index (χ4v) is 3.13. The van der Waals surface area contributed by atoms with Crippen LogP contribution in [0.4, 0.5) is 0 Å². The largest absolute Gasteiger partial charge is 0.350 e. The highest BCUT2D eigenvalue weighted by Crippen LogP contribution is 2.23. The van der Waals surface area contributed by atoms with E-state index >= 15 is 0 Å². The first kappa shape index (κ1) is 13.3. The summed E-state index contributed by atoms with van der Waals surface area (Å²) in [6, 6.07) is 10.1. The molecule has 1 aliphatic rings. The number of hydrogen-bond donors (Lipinski definition) is 2. The van der Waals surface area contributed by atoms with Crippen LogP contribution < -0.4 is 10.6 Å². The topological polar surface area (TPSA) is 54.0 Å². The lowest BCUT2D eigenvalue weighted by atomic mass is 10.1. The van der Waals surface area contributed by atoms with Gasteiger partial charge in [0.05, 0.1) is 18.2 Å². The first-order valence-electron chi connectivity index (χ1n) is 6.81. The van der Waals surface area contributed by atoms with Gasteiger partial charge in [0.25, 0.3) is 0 Å². The molecule has 0 radical (unpaired) electrons. The van der Waals surface area contributed by atoms with Gasteiger partial charge in [-0.05, 0) is 13.0 Å². The Morgan fingerprint density at radius 3 is 3.00 bits per heavy atom. The third kappa shape index (κ3) is 3.05. The Hall–Kier alpha value is -1.72. The van der Waals surface area contributed by atoms with Gasteiger partial charge in [0.2, 0.25) is 5.91 Å². The summed E-state index contributed by atoms with van der Waals surface area (Å²) in [5, 5.41) is 9.18. The minimum atomic E-state index is 0.113. The summed E-state index contributed by atoms with van der Waals surface area (Å²) in [4.78, 5) is 16.5. The smallest absolute Gasteiger partial charge is 0.224 e. The molecule has 20 heavy (non-hydrogen) atoms. The molecule has 1 amide bonds. The van der Waals surface area contributed by atoms with Gasteiger partial charge in [-0.2, -0.15) is 0 Å². The van der Waals surface area contributed by atoms with Crippen LogP contribution in [0.5, 0.6) is 0 Å². The van der Waals surface area contributed by atoms with Gasteiger partial charge in [-0.15, -0.1) is 11.3 Å². The molecular formula is C15H17N3OS. The maximum absolute atomic E-state index is 11.9. The maximum Gasteiger partial charge on any atom is 0.224 e. The number of carbonyl (C=O) groups excluding carboxylic acids is 1. The van der Waals surface area contributed by atoms with Crippen molar-refractivity contribution < 1.29 is 4.79 Å². The normalized spacial score (nSPS) is 18.1. The third-order valence-electron chi connectivity index (χ3n) is 3.45. The fraction of sp³-hybridized carbons (Fsp3) is 0.333. The quantitative estimate of drug-likeness (QED) is 0.905. The summed E-state index contributed by atoms with van der Waals surface area (Å²) in [6.07, 6.45) is 0.929. The Balaban J connectivity index is 1.59. The standard InChI is InChI=1S/C15H17N3OS/c19-14(12-6-7-16-8-12)17-9-13-10-20-15(18-13)11-4-2-1-3-5-11/h1-5,10,12,16H,6-9H2,(H,17,19). The first-order valence-corrected chi connectivity index (χ1v) is 7.69. The molecule has 5 heteroatoms. The average molecular weight is 287 g/mol. The number of rotatable bonds is 4. The SMILES string of the molecule is O=C(NCc1csc(-c2ccccc2)n1)C1CCNC1. The molecule has 0 saturated carbocycles. The molecule has 2 heterocycles. The van der Waals surface area contributed by atoms with E-state index < -0.39 is 0 Å². The number of thiazole rings is 1. The summed E-state index contributed by atoms with van der Waals surface area (Å²) >= 11 is 1.61. The van der Waals surface area contributed by atoms with E-state index in [0.29, 0.717) is 6.54 Å². The fourth-order valence-electron chi connectivity index (χ4n) is 2.30. The number of nitrogens with one attached hydrogen (secondary N) is 2. The minimum Gasteiger partial charge on any atom is -0.350 e. The highest BCUT2D eigenvalue weighted by atomic mass is 32.1. The zero-order valence-electron chi connectivity index (χ0n) is 11.1. The monoisotopic (exact) mass is 287 g/mol.